The number of sulfonamides is 1. The summed E-state index contributed by atoms with van der Waals surface area (Å²) >= 11 is 3.39. The lowest BCUT2D eigenvalue weighted by Crippen LogP contribution is -2.48. The number of hydrogen-bond acceptors (Lipinski definition) is 4. The van der Waals surface area contributed by atoms with Gasteiger partial charge in [0.2, 0.25) is 10.0 Å². The Morgan fingerprint density at radius 3 is 2.32 bits per heavy atom. The van der Waals surface area contributed by atoms with E-state index in [-0.39, 0.29) is 23.0 Å². The zero-order valence-corrected chi connectivity index (χ0v) is 18.4. The molecule has 0 radical (unpaired) electrons. The van der Waals surface area contributed by atoms with E-state index in [1.54, 1.807) is 0 Å². The van der Waals surface area contributed by atoms with Crippen LogP contribution < -0.4 is 5.32 Å². The molecule has 0 aliphatic carbocycles. The lowest BCUT2D eigenvalue weighted by molar-refractivity contribution is -0.0440. The first-order chi connectivity index (χ1) is 13.2. The molecule has 1 saturated heterocycles. The van der Waals surface area contributed by atoms with E-state index in [0.29, 0.717) is 24.3 Å². The molecule has 2 unspecified atom stereocenters. The van der Waals surface area contributed by atoms with Gasteiger partial charge >= 0.3 is 0 Å². The van der Waals surface area contributed by atoms with E-state index in [9.17, 15) is 13.2 Å². The van der Waals surface area contributed by atoms with Crippen LogP contribution in [0.3, 0.4) is 0 Å². The third-order valence-electron chi connectivity index (χ3n) is 4.59. The summed E-state index contributed by atoms with van der Waals surface area (Å²) in [5, 5.41) is 2.86. The number of anilines is 1. The minimum atomic E-state index is -3.63. The number of carbonyl (C=O) groups is 1. The molecule has 0 spiro atoms. The third kappa shape index (κ3) is 4.63. The molecule has 1 N–H and O–H groups in total. The first-order valence-electron chi connectivity index (χ1n) is 9.00. The van der Waals surface area contributed by atoms with Gasteiger partial charge in [0.15, 0.2) is 0 Å². The molecule has 6 nitrogen and oxygen atoms in total. The van der Waals surface area contributed by atoms with Crippen molar-refractivity contribution in [3.8, 4) is 0 Å². The number of halogens is 1. The van der Waals surface area contributed by atoms with Gasteiger partial charge in [-0.3, -0.25) is 4.79 Å². The minimum Gasteiger partial charge on any atom is -0.373 e. The van der Waals surface area contributed by atoms with E-state index in [1.807, 2.05) is 39.0 Å². The molecule has 1 aliphatic heterocycles. The van der Waals surface area contributed by atoms with Crippen molar-refractivity contribution in [3.05, 3.63) is 58.1 Å². The Bertz CT molecular complexity index is 966. The molecule has 28 heavy (non-hydrogen) atoms. The Balaban J connectivity index is 1.77. The molecule has 1 aliphatic rings. The van der Waals surface area contributed by atoms with Crippen LogP contribution >= 0.6 is 15.9 Å². The zero-order valence-electron chi connectivity index (χ0n) is 16.0. The molecular weight excluding hydrogens is 444 g/mol. The lowest BCUT2D eigenvalue weighted by Gasteiger charge is -2.34. The van der Waals surface area contributed by atoms with Crippen molar-refractivity contribution in [1.82, 2.24) is 4.31 Å². The zero-order chi connectivity index (χ0) is 20.5. The number of nitrogens with one attached hydrogen (secondary N) is 1. The van der Waals surface area contributed by atoms with Crippen LogP contribution in [0, 0.1) is 6.92 Å². The molecule has 150 valence electrons. The van der Waals surface area contributed by atoms with Crippen LogP contribution in [0.2, 0.25) is 0 Å². The van der Waals surface area contributed by atoms with Crippen LogP contribution in [0.25, 0.3) is 0 Å². The molecule has 2 aromatic rings. The van der Waals surface area contributed by atoms with E-state index in [0.717, 1.165) is 10.0 Å². The molecule has 2 atom stereocenters. The summed E-state index contributed by atoms with van der Waals surface area (Å²) in [6.45, 7) is 6.25. The predicted octanol–water partition coefficient (Wildman–Crippen LogP) is 3.81. The highest BCUT2D eigenvalue weighted by Gasteiger charge is 2.32. The van der Waals surface area contributed by atoms with Crippen LogP contribution in [0.5, 0.6) is 0 Å². The number of carbonyl (C=O) groups excluding carboxylic acids is 1. The number of benzene rings is 2. The topological polar surface area (TPSA) is 75.7 Å². The Morgan fingerprint density at radius 2 is 1.71 bits per heavy atom. The van der Waals surface area contributed by atoms with Crippen LogP contribution in [0.4, 0.5) is 5.69 Å². The highest BCUT2D eigenvalue weighted by molar-refractivity contribution is 9.10. The van der Waals surface area contributed by atoms with Gasteiger partial charge in [-0.15, -0.1) is 0 Å². The Labute approximate surface area is 174 Å². The fraction of sp³-hybridized carbons (Fsp3) is 0.350. The van der Waals surface area contributed by atoms with Crippen LogP contribution in [0.15, 0.2) is 51.8 Å². The van der Waals surface area contributed by atoms with E-state index < -0.39 is 10.0 Å². The lowest BCUT2D eigenvalue weighted by atomic mass is 10.1. The van der Waals surface area contributed by atoms with Gasteiger partial charge in [-0.1, -0.05) is 22.0 Å². The molecular formula is C20H23BrN2O4S. The van der Waals surface area contributed by atoms with Gasteiger partial charge in [-0.2, -0.15) is 4.31 Å². The third-order valence-corrected chi connectivity index (χ3v) is 6.93. The normalized spacial score (nSPS) is 20.7. The molecule has 0 aromatic heterocycles. The number of rotatable bonds is 4. The maximum Gasteiger partial charge on any atom is 0.255 e. The number of hydrogen-bond donors (Lipinski definition) is 1. The standard InChI is InChI=1S/C20H23BrN2O4S/c1-13-4-7-17(21)10-19(13)22-20(24)16-5-8-18(9-6-16)28(25,26)23-11-14(2)27-15(3)12-23/h4-10,14-15H,11-12H2,1-3H3,(H,22,24). The Hall–Kier alpha value is -1.74. The quantitative estimate of drug-likeness (QED) is 0.742. The summed E-state index contributed by atoms with van der Waals surface area (Å²) < 4.78 is 33.7. The number of aryl methyl sites for hydroxylation is 1. The molecule has 2 aromatic carbocycles. The van der Waals surface area contributed by atoms with Crippen molar-refractivity contribution in [3.63, 3.8) is 0 Å². The summed E-state index contributed by atoms with van der Waals surface area (Å²) in [7, 11) is -3.63. The average molecular weight is 467 g/mol. The summed E-state index contributed by atoms with van der Waals surface area (Å²) in [6.07, 6.45) is -0.311. The van der Waals surface area contributed by atoms with Crippen molar-refractivity contribution in [2.75, 3.05) is 18.4 Å². The summed E-state index contributed by atoms with van der Waals surface area (Å²) in [6, 6.07) is 11.6. The maximum atomic E-state index is 12.9. The molecule has 8 heteroatoms. The summed E-state index contributed by atoms with van der Waals surface area (Å²) in [5.41, 5.74) is 2.03. The van der Waals surface area contributed by atoms with Gasteiger partial charge in [0.05, 0.1) is 17.1 Å². The van der Waals surface area contributed by atoms with Gasteiger partial charge in [-0.05, 0) is 62.7 Å². The number of morpholine rings is 1. The summed E-state index contributed by atoms with van der Waals surface area (Å²) in [5.74, 6) is -0.293. The van der Waals surface area contributed by atoms with Crippen molar-refractivity contribution < 1.29 is 17.9 Å². The number of amides is 1. The molecule has 1 fully saturated rings. The van der Waals surface area contributed by atoms with Gasteiger partial charge in [0, 0.05) is 28.8 Å². The largest absolute Gasteiger partial charge is 0.373 e. The number of ether oxygens (including phenoxy) is 1. The SMILES string of the molecule is Cc1ccc(Br)cc1NC(=O)c1ccc(S(=O)(=O)N2CC(C)OC(C)C2)cc1. The maximum absolute atomic E-state index is 12.9. The minimum absolute atomic E-state index is 0.156. The Morgan fingerprint density at radius 1 is 1.11 bits per heavy atom. The van der Waals surface area contributed by atoms with E-state index in [4.69, 9.17) is 4.74 Å². The first kappa shape index (κ1) is 21.0. The number of nitrogens with zero attached hydrogens (tertiary/aromatic N) is 1. The molecule has 0 bridgehead atoms. The monoisotopic (exact) mass is 466 g/mol. The summed E-state index contributed by atoms with van der Waals surface area (Å²) in [4.78, 5) is 12.7. The van der Waals surface area contributed by atoms with Gasteiger partial charge in [0.1, 0.15) is 0 Å². The molecule has 1 amide bonds. The fourth-order valence-corrected chi connectivity index (χ4v) is 5.13. The fourth-order valence-electron chi connectivity index (χ4n) is 3.18. The van der Waals surface area contributed by atoms with E-state index in [2.05, 4.69) is 21.2 Å². The van der Waals surface area contributed by atoms with Crippen LogP contribution in [-0.2, 0) is 14.8 Å². The molecule has 1 heterocycles. The smallest absolute Gasteiger partial charge is 0.255 e. The highest BCUT2D eigenvalue weighted by atomic mass is 79.9. The predicted molar refractivity (Wildman–Crippen MR) is 112 cm³/mol. The van der Waals surface area contributed by atoms with E-state index in [1.165, 1.54) is 28.6 Å². The van der Waals surface area contributed by atoms with Gasteiger partial charge in [-0.25, -0.2) is 8.42 Å². The molecule has 0 saturated carbocycles. The second-order valence-electron chi connectivity index (χ2n) is 7.02. The van der Waals surface area contributed by atoms with Crippen molar-refractivity contribution in [2.24, 2.45) is 0 Å². The van der Waals surface area contributed by atoms with Gasteiger partial charge < -0.3 is 10.1 Å². The highest BCUT2D eigenvalue weighted by Crippen LogP contribution is 2.23. The first-order valence-corrected chi connectivity index (χ1v) is 11.2. The average Bonchev–Trinajstić information content (AvgIpc) is 2.64. The van der Waals surface area contributed by atoms with E-state index >= 15 is 0 Å². The Kier molecular flexibility index (Phi) is 6.24. The van der Waals surface area contributed by atoms with Crippen molar-refractivity contribution >= 4 is 37.5 Å². The molecule has 3 rings (SSSR count). The van der Waals surface area contributed by atoms with Crippen molar-refractivity contribution in [1.29, 1.82) is 0 Å². The van der Waals surface area contributed by atoms with Crippen LogP contribution in [-0.4, -0.2) is 43.9 Å². The van der Waals surface area contributed by atoms with Gasteiger partial charge in [0.25, 0.3) is 5.91 Å². The second-order valence-corrected chi connectivity index (χ2v) is 9.87. The van der Waals surface area contributed by atoms with Crippen LogP contribution in [0.1, 0.15) is 29.8 Å². The van der Waals surface area contributed by atoms with Crippen molar-refractivity contribution in [2.45, 2.75) is 37.9 Å². The second kappa shape index (κ2) is 8.32.